The van der Waals surface area contributed by atoms with Crippen LogP contribution in [0.1, 0.15) is 168 Å². The maximum absolute atomic E-state index is 14.0. The van der Waals surface area contributed by atoms with Crippen molar-refractivity contribution < 1.29 is 47.7 Å². The number of nitrogens with one attached hydrogen (secondary N) is 6. The van der Waals surface area contributed by atoms with Crippen molar-refractivity contribution in [2.24, 2.45) is 55.3 Å². The monoisotopic (exact) mass is 1700 g/mol. The molecule has 0 unspecified atom stereocenters. The minimum absolute atomic E-state index is 0.0178. The Kier molecular flexibility index (Phi) is 36.6. The average molecular weight is 1700 g/mol. The zero-order valence-corrected chi connectivity index (χ0v) is 72.1. The van der Waals surface area contributed by atoms with Crippen molar-refractivity contribution in [3.8, 4) is 23.0 Å². The molecule has 8 aromatic rings. The number of methoxy groups -OCH3 is 2. The molecule has 3 saturated heterocycles. The van der Waals surface area contributed by atoms with Crippen LogP contribution in [0.4, 0.5) is 0 Å². The van der Waals surface area contributed by atoms with Gasteiger partial charge in [-0.15, -0.1) is 0 Å². The fourth-order valence-electron chi connectivity index (χ4n) is 17.0. The second-order valence-electron chi connectivity index (χ2n) is 32.5. The van der Waals surface area contributed by atoms with Gasteiger partial charge in [0.15, 0.2) is 29.4 Å². The van der Waals surface area contributed by atoms with E-state index in [1.165, 1.54) is 37.5 Å². The summed E-state index contributed by atoms with van der Waals surface area (Å²) < 4.78 is 21.4. The smallest absolute Gasteiger partial charge is 0.255 e. The van der Waals surface area contributed by atoms with E-state index in [0.717, 1.165) is 41.5 Å². The van der Waals surface area contributed by atoms with Crippen LogP contribution in [0.5, 0.6) is 23.0 Å². The first kappa shape index (κ1) is 93.2. The largest absolute Gasteiger partial charge is 0.497 e. The maximum Gasteiger partial charge on any atom is 0.255 e. The highest BCUT2D eigenvalue weighted by Gasteiger charge is 2.37. The molecule has 0 aromatic heterocycles. The molecule has 0 spiro atoms. The number of ether oxygens (including phenoxy) is 4. The third kappa shape index (κ3) is 29.0. The van der Waals surface area contributed by atoms with Crippen LogP contribution in [0.25, 0.3) is 0 Å². The number of aliphatic imine (C=N–C) groups is 3. The van der Waals surface area contributed by atoms with Gasteiger partial charge in [-0.25, -0.2) is 0 Å². The van der Waals surface area contributed by atoms with Crippen molar-refractivity contribution in [1.29, 1.82) is 0 Å². The van der Waals surface area contributed by atoms with E-state index in [4.69, 9.17) is 53.3 Å². The van der Waals surface area contributed by atoms with Gasteiger partial charge < -0.3 is 99.9 Å². The van der Waals surface area contributed by atoms with Crippen LogP contribution in [-0.4, -0.2) is 204 Å². The van der Waals surface area contributed by atoms with Crippen LogP contribution in [0.3, 0.4) is 0 Å². The summed E-state index contributed by atoms with van der Waals surface area (Å²) >= 11 is 0. The van der Waals surface area contributed by atoms with Crippen LogP contribution in [0, 0.1) is 5.92 Å². The van der Waals surface area contributed by atoms with Gasteiger partial charge in [0.25, 0.3) is 11.8 Å². The van der Waals surface area contributed by atoms with Crippen molar-refractivity contribution in [3.63, 3.8) is 0 Å². The molecule has 28 nitrogen and oxygen atoms in total. The Hall–Kier alpha value is -12.5. The topological polar surface area (TPSA) is 414 Å². The quantitative estimate of drug-likeness (QED) is 0.00989. The number of rotatable bonds is 36. The second-order valence-corrected chi connectivity index (χ2v) is 32.5. The number of nitrogens with two attached hydrogens (primary N) is 6. The van der Waals surface area contributed by atoms with E-state index in [1.807, 2.05) is 99.6 Å². The van der Waals surface area contributed by atoms with Gasteiger partial charge in [-0.3, -0.25) is 43.7 Å². The van der Waals surface area contributed by atoms with Crippen LogP contribution < -0.4 is 85.3 Å². The van der Waals surface area contributed by atoms with E-state index in [2.05, 4.69) is 144 Å². The highest BCUT2D eigenvalue weighted by Crippen LogP contribution is 2.35. The maximum atomic E-state index is 14.0. The lowest BCUT2D eigenvalue weighted by atomic mass is 9.87. The van der Waals surface area contributed by atoms with Crippen LogP contribution in [0.2, 0.25) is 0 Å². The van der Waals surface area contributed by atoms with Crippen molar-refractivity contribution in [2.45, 2.75) is 150 Å². The first-order chi connectivity index (χ1) is 60.9. The molecule has 13 rings (SSSR count). The van der Waals surface area contributed by atoms with E-state index in [1.54, 1.807) is 43.5 Å². The molecule has 1 aliphatic carbocycles. The summed E-state index contributed by atoms with van der Waals surface area (Å²) in [4.78, 5) is 98.9. The Morgan fingerprint density at radius 2 is 0.784 bits per heavy atom. The third-order valence-corrected chi connectivity index (χ3v) is 23.7. The third-order valence-electron chi connectivity index (χ3n) is 23.7. The zero-order chi connectivity index (χ0) is 88.1. The molecule has 1 saturated carbocycles. The predicted octanol–water partition coefficient (Wildman–Crippen LogP) is 8.99. The van der Waals surface area contributed by atoms with Crippen LogP contribution in [0.15, 0.2) is 233 Å². The standard InChI is InChI=1S/C33H42N6O4.C32H38N6O4.C32H46N6O2/c1-42-26-15-16-27(30(20-26)43-2)31(40)37-21-25-17-19-39(32(41)29(38-25)14-9-18-36-33(34)35)22-28(23-10-5-3-6-11-23)24-12-7-4-8-13-24;33-32(34)35-16-7-12-27-31(40)38(20-26(22-8-3-1-4-9-22)23-10-5-2-6-11-23)17-15-25(37-27)19-36-30(39)24-13-14-28-29(18-24)42-21-41-28;33-32(34)35-19-10-17-29-31(40)38(23-28(25-13-6-2-7-14-25)26-15-8-3-9-16-26)20-18-27(37-29)22-36-30(39)21-24-11-4-1-5-12-24/h3-8,10-13,15-16,20,25,28-29,38H,9,14,17-19,21-22H2,1-2H3,(H,37,40)(H4,34,35,36);1-6,8-11,13-14,18,25-27,37H,7,12,15-17,19-21H2,(H,36,39)(H4,33,34,35);2-3,6-9,13-16,24,27-29,37H,1,4-5,10-12,17-23H2,(H,36,39)(H4,33,34,35)/t25-,29-;25-,27-;27-,29-/m000/s1. The number of guanidine groups is 3. The molecule has 6 amide bonds. The van der Waals surface area contributed by atoms with Gasteiger partial charge in [0.1, 0.15) is 11.5 Å². The second kappa shape index (κ2) is 49.1. The Morgan fingerprint density at radius 3 is 1.14 bits per heavy atom. The van der Waals surface area contributed by atoms with Crippen molar-refractivity contribution in [2.75, 3.05) is 99.5 Å². The summed E-state index contributed by atoms with van der Waals surface area (Å²) in [7, 11) is 3.08. The van der Waals surface area contributed by atoms with E-state index in [9.17, 15) is 28.8 Å². The fraction of sp³-hybridized carbons (Fsp3) is 0.412. The average Bonchev–Trinajstić information content (AvgIpc) is 1.83. The molecule has 4 heterocycles. The van der Waals surface area contributed by atoms with Crippen LogP contribution >= 0.6 is 0 Å². The summed E-state index contributed by atoms with van der Waals surface area (Å²) in [6.45, 7) is 6.20. The lowest BCUT2D eigenvalue weighted by Crippen LogP contribution is -2.49. The van der Waals surface area contributed by atoms with Gasteiger partial charge in [0.05, 0.1) is 37.9 Å². The van der Waals surface area contributed by atoms with Crippen molar-refractivity contribution in [1.82, 2.24) is 46.6 Å². The minimum Gasteiger partial charge on any atom is -0.497 e. The van der Waals surface area contributed by atoms with E-state index < -0.39 is 12.1 Å². The number of amides is 6. The molecule has 28 heteroatoms. The van der Waals surface area contributed by atoms with Gasteiger partial charge in [0.2, 0.25) is 30.4 Å². The molecule has 0 radical (unpaired) electrons. The zero-order valence-electron chi connectivity index (χ0n) is 72.1. The Morgan fingerprint density at radius 1 is 0.424 bits per heavy atom. The number of carbonyl (C=O) groups is 6. The minimum atomic E-state index is -0.443. The number of carbonyl (C=O) groups excluding carboxylic acids is 6. The molecular weight excluding hydrogens is 1580 g/mol. The van der Waals surface area contributed by atoms with Gasteiger partial charge in [0, 0.05) is 132 Å². The van der Waals surface area contributed by atoms with Gasteiger partial charge >= 0.3 is 0 Å². The van der Waals surface area contributed by atoms with Crippen molar-refractivity contribution >= 4 is 53.3 Å². The molecule has 4 aliphatic heterocycles. The lowest BCUT2D eigenvalue weighted by Gasteiger charge is -2.29. The molecule has 125 heavy (non-hydrogen) atoms. The van der Waals surface area contributed by atoms with Gasteiger partial charge in [-0.2, -0.15) is 0 Å². The van der Waals surface area contributed by atoms with E-state index in [-0.39, 0.29) is 102 Å². The predicted molar refractivity (Wildman–Crippen MR) is 491 cm³/mol. The van der Waals surface area contributed by atoms with E-state index in [0.29, 0.717) is 176 Å². The molecule has 0 bridgehead atoms. The van der Waals surface area contributed by atoms with Gasteiger partial charge in [-0.05, 0) is 140 Å². The molecule has 6 atom stereocenters. The molecule has 5 aliphatic rings. The molecule has 664 valence electrons. The molecular formula is C97H126N18O10. The summed E-state index contributed by atoms with van der Waals surface area (Å²) in [6, 6.07) is 70.7. The first-order valence-electron chi connectivity index (χ1n) is 43.9. The fourth-order valence-corrected chi connectivity index (χ4v) is 17.0. The molecule has 8 aromatic carbocycles. The Labute approximate surface area is 734 Å². The summed E-state index contributed by atoms with van der Waals surface area (Å²) in [6.07, 6.45) is 12.5. The number of hydrogen-bond acceptors (Lipinski definition) is 16. The SMILES string of the molecule is COc1ccc(C(=O)NC[C@@H]2CCN(CC(c3ccccc3)c3ccccc3)C(=O)[C@H](CCCN=C(N)N)N2)c(OC)c1.NC(N)=NCCC[C@@H]1N[C@H](CNC(=O)CC2CCCCC2)CCN(CC(c2ccccc2)c2ccccc2)C1=O.NC(N)=NCCC[C@@H]1N[C@H](CNC(=O)c2ccc3c(c2)OCO3)CCN(CC(c2ccccc2)c2ccccc2)C1=O. The number of hydrogen-bond donors (Lipinski definition) is 12. The number of nitrogens with zero attached hydrogens (tertiary/aromatic N) is 6. The number of benzene rings is 8. The van der Waals surface area contributed by atoms with E-state index >= 15 is 0 Å². The highest BCUT2D eigenvalue weighted by atomic mass is 16.7. The summed E-state index contributed by atoms with van der Waals surface area (Å²) in [5.74, 6) is 2.80. The summed E-state index contributed by atoms with van der Waals surface area (Å²) in [5, 5.41) is 19.8. The molecule has 4 fully saturated rings. The first-order valence-corrected chi connectivity index (χ1v) is 43.9. The van der Waals surface area contributed by atoms with Gasteiger partial charge in [-0.1, -0.05) is 201 Å². The highest BCUT2D eigenvalue weighted by molar-refractivity contribution is 5.97. The Balaban J connectivity index is 0.000000182. The lowest BCUT2D eigenvalue weighted by molar-refractivity contribution is -0.133. The Bertz CT molecular complexity index is 4650. The number of fused-ring (bicyclic) bond motifs is 1. The van der Waals surface area contributed by atoms with Crippen LogP contribution in [-0.2, 0) is 19.2 Å². The normalized spacial score (nSPS) is 18.3. The van der Waals surface area contributed by atoms with Crippen molar-refractivity contribution in [3.05, 3.63) is 263 Å². The summed E-state index contributed by atoms with van der Waals surface area (Å²) in [5.41, 5.74) is 40.9. The molecule has 18 N–H and O–H groups in total.